The number of nitrogens with zero attached hydrogens (tertiary/aromatic N) is 2. The summed E-state index contributed by atoms with van der Waals surface area (Å²) in [6.45, 7) is 6.13. The third-order valence-corrected chi connectivity index (χ3v) is 9.03. The molecule has 0 bridgehead atoms. The summed E-state index contributed by atoms with van der Waals surface area (Å²) in [6, 6.07) is 7.48. The molecular weight excluding hydrogens is 378 g/mol. The molecule has 2 heterocycles. The molecule has 0 atom stereocenters. The molecule has 7 heteroatoms. The molecule has 2 aromatic rings. The van der Waals surface area contributed by atoms with E-state index >= 15 is 0 Å². The zero-order valence-electron chi connectivity index (χ0n) is 16.2. The second kappa shape index (κ2) is 6.64. The first kappa shape index (κ1) is 19.0. The van der Waals surface area contributed by atoms with Gasteiger partial charge in [0.05, 0.1) is 10.4 Å². The van der Waals surface area contributed by atoms with Gasteiger partial charge in [0.1, 0.15) is 0 Å². The Bertz CT molecular complexity index is 962. The standard InChI is InChI=1S/C20H27N3O2S2/c1-19(6-7-19)22-27(24,25)15-13-17-16(5-4-10-21-17)18(14-15)23-11-8-20(2,26-3)9-12-23/h4-5,10,13-14,22H,6-9,11-12H2,1-3H3. The van der Waals surface area contributed by atoms with Gasteiger partial charge < -0.3 is 4.90 Å². The minimum atomic E-state index is -3.56. The maximum absolute atomic E-state index is 13.0. The van der Waals surface area contributed by atoms with E-state index in [0.29, 0.717) is 9.64 Å². The van der Waals surface area contributed by atoms with Crippen molar-refractivity contribution in [2.75, 3.05) is 24.2 Å². The first-order chi connectivity index (χ1) is 12.7. The summed E-state index contributed by atoms with van der Waals surface area (Å²) in [5, 5.41) is 1.02. The number of benzene rings is 1. The predicted octanol–water partition coefficient (Wildman–Crippen LogP) is 3.79. The largest absolute Gasteiger partial charge is 0.371 e. The van der Waals surface area contributed by atoms with Gasteiger partial charge in [-0.15, -0.1) is 0 Å². The maximum Gasteiger partial charge on any atom is 0.241 e. The van der Waals surface area contributed by atoms with Crippen LogP contribution in [0.5, 0.6) is 0 Å². The van der Waals surface area contributed by atoms with E-state index in [0.717, 1.165) is 55.4 Å². The highest BCUT2D eigenvalue weighted by Gasteiger charge is 2.41. The topological polar surface area (TPSA) is 62.3 Å². The summed E-state index contributed by atoms with van der Waals surface area (Å²) in [5.41, 5.74) is 1.42. The molecule has 5 nitrogen and oxygen atoms in total. The van der Waals surface area contributed by atoms with Gasteiger partial charge in [-0.25, -0.2) is 13.1 Å². The van der Waals surface area contributed by atoms with E-state index in [9.17, 15) is 8.42 Å². The monoisotopic (exact) mass is 405 g/mol. The van der Waals surface area contributed by atoms with Crippen LogP contribution < -0.4 is 9.62 Å². The lowest BCUT2D eigenvalue weighted by atomic mass is 9.97. The molecule has 0 amide bonds. The predicted molar refractivity (Wildman–Crippen MR) is 113 cm³/mol. The van der Waals surface area contributed by atoms with Crippen molar-refractivity contribution in [2.45, 2.75) is 54.7 Å². The molecule has 1 aliphatic carbocycles. The number of hydrogen-bond acceptors (Lipinski definition) is 5. The van der Waals surface area contributed by atoms with E-state index in [-0.39, 0.29) is 5.54 Å². The van der Waals surface area contributed by atoms with Gasteiger partial charge in [0.15, 0.2) is 0 Å². The fraction of sp³-hybridized carbons (Fsp3) is 0.550. The minimum absolute atomic E-state index is 0.288. The summed E-state index contributed by atoms with van der Waals surface area (Å²) in [4.78, 5) is 7.08. The summed E-state index contributed by atoms with van der Waals surface area (Å²) in [7, 11) is -3.56. The molecule has 2 fully saturated rings. The normalized spacial score (nSPS) is 21.4. The van der Waals surface area contributed by atoms with Crippen molar-refractivity contribution in [1.29, 1.82) is 0 Å². The maximum atomic E-state index is 13.0. The van der Waals surface area contributed by atoms with Crippen molar-refractivity contribution in [3.8, 4) is 0 Å². The molecule has 27 heavy (non-hydrogen) atoms. The Labute approximate surface area is 166 Å². The number of fused-ring (bicyclic) bond motifs is 1. The number of thioether (sulfide) groups is 1. The minimum Gasteiger partial charge on any atom is -0.371 e. The summed E-state index contributed by atoms with van der Waals surface area (Å²) < 4.78 is 29.1. The zero-order chi connectivity index (χ0) is 19.3. The van der Waals surface area contributed by atoms with E-state index in [1.165, 1.54) is 0 Å². The summed E-state index contributed by atoms with van der Waals surface area (Å²) in [5.74, 6) is 0. The number of aromatic nitrogens is 1. The van der Waals surface area contributed by atoms with Gasteiger partial charge in [-0.3, -0.25) is 4.98 Å². The van der Waals surface area contributed by atoms with Gasteiger partial charge in [-0.2, -0.15) is 11.8 Å². The lowest BCUT2D eigenvalue weighted by Crippen LogP contribution is -2.41. The molecule has 4 rings (SSSR count). The number of sulfonamides is 1. The van der Waals surface area contributed by atoms with Crippen LogP contribution in [0.25, 0.3) is 10.9 Å². The lowest BCUT2D eigenvalue weighted by Gasteiger charge is -2.40. The van der Waals surface area contributed by atoms with Gasteiger partial charge in [-0.05, 0) is 63.1 Å². The molecule has 146 valence electrons. The summed E-state index contributed by atoms with van der Waals surface area (Å²) >= 11 is 1.92. The van der Waals surface area contributed by atoms with Gasteiger partial charge in [0.25, 0.3) is 0 Å². The highest BCUT2D eigenvalue weighted by molar-refractivity contribution is 7.99. The SMILES string of the molecule is CSC1(C)CCN(c2cc(S(=O)(=O)NC3(C)CC3)cc3ncccc23)CC1. The van der Waals surface area contributed by atoms with Crippen molar-refractivity contribution in [3.63, 3.8) is 0 Å². The molecule has 1 aliphatic heterocycles. The van der Waals surface area contributed by atoms with Crippen molar-refractivity contribution in [2.24, 2.45) is 0 Å². The lowest BCUT2D eigenvalue weighted by molar-refractivity contribution is 0.481. The number of piperidine rings is 1. The van der Waals surface area contributed by atoms with E-state index in [1.807, 2.05) is 36.9 Å². The third-order valence-electron chi connectivity index (χ3n) is 6.02. The molecule has 1 aromatic heterocycles. The molecular formula is C20H27N3O2S2. The van der Waals surface area contributed by atoms with E-state index in [1.54, 1.807) is 12.3 Å². The van der Waals surface area contributed by atoms with E-state index < -0.39 is 10.0 Å². The number of nitrogens with one attached hydrogen (secondary N) is 1. The Kier molecular flexibility index (Phi) is 4.68. The van der Waals surface area contributed by atoms with Crippen LogP contribution in [-0.4, -0.2) is 43.0 Å². The quantitative estimate of drug-likeness (QED) is 0.820. The highest BCUT2D eigenvalue weighted by atomic mass is 32.2. The summed E-state index contributed by atoms with van der Waals surface area (Å²) in [6.07, 6.45) is 7.85. The third kappa shape index (κ3) is 3.82. The molecule has 1 saturated heterocycles. The fourth-order valence-corrected chi connectivity index (χ4v) is 5.75. The van der Waals surface area contributed by atoms with Crippen LogP contribution in [0.4, 0.5) is 5.69 Å². The highest BCUT2D eigenvalue weighted by Crippen LogP contribution is 2.39. The van der Waals surface area contributed by atoms with Gasteiger partial charge in [0.2, 0.25) is 10.0 Å². The fourth-order valence-electron chi connectivity index (χ4n) is 3.65. The van der Waals surface area contributed by atoms with Crippen LogP contribution in [0, 0.1) is 0 Å². The molecule has 0 spiro atoms. The Morgan fingerprint density at radius 3 is 2.48 bits per heavy atom. The van der Waals surface area contributed by atoms with Crippen LogP contribution in [0.15, 0.2) is 35.4 Å². The molecule has 0 unspecified atom stereocenters. The van der Waals surface area contributed by atoms with Crippen molar-refractivity contribution < 1.29 is 8.42 Å². The molecule has 2 aliphatic rings. The van der Waals surface area contributed by atoms with Crippen molar-refractivity contribution in [3.05, 3.63) is 30.5 Å². The van der Waals surface area contributed by atoms with Gasteiger partial charge in [-0.1, -0.05) is 6.92 Å². The average Bonchev–Trinajstić information content (AvgIpc) is 3.37. The van der Waals surface area contributed by atoms with Gasteiger partial charge in [0, 0.05) is 40.6 Å². The smallest absolute Gasteiger partial charge is 0.241 e. The number of anilines is 1. The zero-order valence-corrected chi connectivity index (χ0v) is 17.8. The molecule has 1 saturated carbocycles. The molecule has 0 radical (unpaired) electrons. The Hall–Kier alpha value is -1.31. The average molecular weight is 406 g/mol. The number of rotatable bonds is 5. The van der Waals surface area contributed by atoms with Gasteiger partial charge >= 0.3 is 0 Å². The molecule has 1 aromatic carbocycles. The van der Waals surface area contributed by atoms with Crippen LogP contribution in [0.2, 0.25) is 0 Å². The van der Waals surface area contributed by atoms with Crippen LogP contribution in [0.3, 0.4) is 0 Å². The Morgan fingerprint density at radius 1 is 1.15 bits per heavy atom. The van der Waals surface area contributed by atoms with E-state index in [4.69, 9.17) is 0 Å². The molecule has 1 N–H and O–H groups in total. The second-order valence-electron chi connectivity index (χ2n) is 8.32. The Morgan fingerprint density at radius 2 is 1.85 bits per heavy atom. The van der Waals surface area contributed by atoms with E-state index in [2.05, 4.69) is 27.8 Å². The van der Waals surface area contributed by atoms with Crippen LogP contribution >= 0.6 is 11.8 Å². The van der Waals surface area contributed by atoms with Crippen molar-refractivity contribution in [1.82, 2.24) is 9.71 Å². The Balaban J connectivity index is 1.74. The first-order valence-corrected chi connectivity index (χ1v) is 12.2. The number of pyridine rings is 1. The van der Waals surface area contributed by atoms with Crippen molar-refractivity contribution >= 4 is 38.4 Å². The van der Waals surface area contributed by atoms with Crippen LogP contribution in [0.1, 0.15) is 39.5 Å². The number of hydrogen-bond donors (Lipinski definition) is 1. The second-order valence-corrected chi connectivity index (χ2v) is 11.4. The first-order valence-electron chi connectivity index (χ1n) is 9.47. The van der Waals surface area contributed by atoms with Crippen LogP contribution in [-0.2, 0) is 10.0 Å².